The van der Waals surface area contributed by atoms with Gasteiger partial charge in [0, 0.05) is 30.7 Å². The maximum atomic E-state index is 12.3. The fourth-order valence-corrected chi connectivity index (χ4v) is 3.22. The number of hydrogen-bond donors (Lipinski definition) is 1. The molecule has 0 saturated carbocycles. The molecule has 2 atom stereocenters. The maximum absolute atomic E-state index is 12.3. The molecule has 5 heteroatoms. The third kappa shape index (κ3) is 5.99. The van der Waals surface area contributed by atoms with Crippen molar-refractivity contribution in [3.05, 3.63) is 34.9 Å². The molecule has 1 heterocycles. The summed E-state index contributed by atoms with van der Waals surface area (Å²) in [7, 11) is 0. The molecule has 0 aliphatic carbocycles. The van der Waals surface area contributed by atoms with Gasteiger partial charge in [0.25, 0.3) is 0 Å². The predicted molar refractivity (Wildman–Crippen MR) is 98.3 cm³/mol. The van der Waals surface area contributed by atoms with Crippen LogP contribution in [0.4, 0.5) is 4.79 Å². The Kier molecular flexibility index (Phi) is 6.53. The van der Waals surface area contributed by atoms with Crippen molar-refractivity contribution in [2.45, 2.75) is 58.7 Å². The standard InChI is InChI=1S/C19H29ClN2O2/c1-14(21-12-15-7-5-9-17(20)11-15)16-8-6-10-22(13-16)18(23)24-19(2,3)4/h5,7,9,11,14,16,21H,6,8,10,12-13H2,1-4H3. The Balaban J connectivity index is 1.85. The van der Waals surface area contributed by atoms with Crippen molar-refractivity contribution in [2.75, 3.05) is 13.1 Å². The molecule has 0 aromatic heterocycles. The minimum atomic E-state index is -0.444. The maximum Gasteiger partial charge on any atom is 0.410 e. The first-order valence-electron chi connectivity index (χ1n) is 8.70. The molecule has 0 spiro atoms. The fourth-order valence-electron chi connectivity index (χ4n) is 3.00. The van der Waals surface area contributed by atoms with E-state index in [1.54, 1.807) is 0 Å². The molecule has 2 unspecified atom stereocenters. The fraction of sp³-hybridized carbons (Fsp3) is 0.632. The summed E-state index contributed by atoms with van der Waals surface area (Å²) in [6.07, 6.45) is 1.95. The molecular formula is C19H29ClN2O2. The zero-order chi connectivity index (χ0) is 17.7. The number of amides is 1. The molecule has 1 amide bonds. The Morgan fingerprint density at radius 1 is 1.46 bits per heavy atom. The Hall–Kier alpha value is -1.26. The molecule has 2 rings (SSSR count). The van der Waals surface area contributed by atoms with Crippen LogP contribution in [0.5, 0.6) is 0 Å². The van der Waals surface area contributed by atoms with Gasteiger partial charge in [-0.2, -0.15) is 0 Å². The number of halogens is 1. The minimum absolute atomic E-state index is 0.200. The third-order valence-corrected chi connectivity index (χ3v) is 4.57. The van der Waals surface area contributed by atoms with E-state index in [2.05, 4.69) is 18.3 Å². The monoisotopic (exact) mass is 352 g/mol. The van der Waals surface area contributed by atoms with Crippen LogP contribution < -0.4 is 5.32 Å². The van der Waals surface area contributed by atoms with Crippen molar-refractivity contribution in [3.63, 3.8) is 0 Å². The highest BCUT2D eigenvalue weighted by atomic mass is 35.5. The Morgan fingerprint density at radius 2 is 2.21 bits per heavy atom. The van der Waals surface area contributed by atoms with E-state index in [9.17, 15) is 4.79 Å². The van der Waals surface area contributed by atoms with Gasteiger partial charge in [0.1, 0.15) is 5.60 Å². The van der Waals surface area contributed by atoms with Gasteiger partial charge in [0.05, 0.1) is 0 Å². The highest BCUT2D eigenvalue weighted by Gasteiger charge is 2.29. The summed E-state index contributed by atoms with van der Waals surface area (Å²) < 4.78 is 5.50. The van der Waals surface area contributed by atoms with Crippen molar-refractivity contribution in [3.8, 4) is 0 Å². The highest BCUT2D eigenvalue weighted by molar-refractivity contribution is 6.30. The van der Waals surface area contributed by atoms with Crippen molar-refractivity contribution < 1.29 is 9.53 Å². The van der Waals surface area contributed by atoms with Gasteiger partial charge in [-0.3, -0.25) is 0 Å². The number of likely N-dealkylation sites (tertiary alicyclic amines) is 1. The lowest BCUT2D eigenvalue weighted by Gasteiger charge is -2.36. The Morgan fingerprint density at radius 3 is 2.88 bits per heavy atom. The summed E-state index contributed by atoms with van der Waals surface area (Å²) >= 11 is 6.03. The average molecular weight is 353 g/mol. The zero-order valence-electron chi connectivity index (χ0n) is 15.1. The second-order valence-electron chi connectivity index (χ2n) is 7.63. The molecule has 1 fully saturated rings. The van der Waals surface area contributed by atoms with Crippen LogP contribution >= 0.6 is 11.6 Å². The first kappa shape index (κ1) is 19.1. The normalized spacial score (nSPS) is 19.9. The molecule has 1 N–H and O–H groups in total. The Labute approximate surface area is 150 Å². The van der Waals surface area contributed by atoms with Gasteiger partial charge < -0.3 is 15.0 Å². The molecule has 1 aromatic rings. The van der Waals surface area contributed by atoms with Gasteiger partial charge >= 0.3 is 6.09 Å². The molecule has 0 radical (unpaired) electrons. The molecule has 24 heavy (non-hydrogen) atoms. The van der Waals surface area contributed by atoms with Crippen LogP contribution in [0, 0.1) is 5.92 Å². The quantitative estimate of drug-likeness (QED) is 0.869. The summed E-state index contributed by atoms with van der Waals surface area (Å²) in [6, 6.07) is 8.23. The van der Waals surface area contributed by atoms with Crippen molar-refractivity contribution in [1.82, 2.24) is 10.2 Å². The zero-order valence-corrected chi connectivity index (χ0v) is 15.9. The number of ether oxygens (including phenoxy) is 1. The van der Waals surface area contributed by atoms with Gasteiger partial charge in [0.15, 0.2) is 0 Å². The number of carbonyl (C=O) groups excluding carboxylic acids is 1. The summed E-state index contributed by atoms with van der Waals surface area (Å²) in [5, 5.41) is 4.33. The highest BCUT2D eigenvalue weighted by Crippen LogP contribution is 2.22. The van der Waals surface area contributed by atoms with Crippen LogP contribution in [0.15, 0.2) is 24.3 Å². The van der Waals surface area contributed by atoms with Crippen LogP contribution in [0.25, 0.3) is 0 Å². The van der Waals surface area contributed by atoms with Crippen molar-refractivity contribution in [2.24, 2.45) is 5.92 Å². The number of rotatable bonds is 4. The summed E-state index contributed by atoms with van der Waals surface area (Å²) in [4.78, 5) is 14.1. The second kappa shape index (κ2) is 8.21. The van der Waals surface area contributed by atoms with E-state index < -0.39 is 5.60 Å². The van der Waals surface area contributed by atoms with Crippen LogP contribution in [-0.2, 0) is 11.3 Å². The molecule has 1 aliphatic rings. The number of carbonyl (C=O) groups is 1. The first-order valence-corrected chi connectivity index (χ1v) is 9.08. The number of benzene rings is 1. The SMILES string of the molecule is CC(NCc1cccc(Cl)c1)C1CCCN(C(=O)OC(C)(C)C)C1. The number of hydrogen-bond acceptors (Lipinski definition) is 3. The van der Waals surface area contributed by atoms with E-state index in [1.807, 2.05) is 43.9 Å². The summed E-state index contributed by atoms with van der Waals surface area (Å²) in [5.41, 5.74) is 0.731. The van der Waals surface area contributed by atoms with Gasteiger partial charge in [-0.05, 0) is 64.2 Å². The summed E-state index contributed by atoms with van der Waals surface area (Å²) in [6.45, 7) is 10.2. The van der Waals surface area contributed by atoms with E-state index in [0.717, 1.165) is 37.5 Å². The van der Waals surface area contributed by atoms with Gasteiger partial charge in [-0.1, -0.05) is 23.7 Å². The van der Waals surface area contributed by atoms with Crippen LogP contribution in [0.1, 0.15) is 46.1 Å². The predicted octanol–water partition coefficient (Wildman–Crippen LogP) is 4.47. The van der Waals surface area contributed by atoms with Gasteiger partial charge in [0.2, 0.25) is 0 Å². The lowest BCUT2D eigenvalue weighted by atomic mass is 9.91. The van der Waals surface area contributed by atoms with Crippen molar-refractivity contribution in [1.29, 1.82) is 0 Å². The summed E-state index contributed by atoms with van der Waals surface area (Å²) in [5.74, 6) is 0.436. The van der Waals surface area contributed by atoms with E-state index in [4.69, 9.17) is 16.3 Å². The minimum Gasteiger partial charge on any atom is -0.444 e. The van der Waals surface area contributed by atoms with Gasteiger partial charge in [-0.25, -0.2) is 4.79 Å². The van der Waals surface area contributed by atoms with Crippen molar-refractivity contribution >= 4 is 17.7 Å². The molecule has 0 bridgehead atoms. The smallest absolute Gasteiger partial charge is 0.410 e. The second-order valence-corrected chi connectivity index (χ2v) is 8.06. The van der Waals surface area contributed by atoms with E-state index in [-0.39, 0.29) is 6.09 Å². The molecular weight excluding hydrogens is 324 g/mol. The largest absolute Gasteiger partial charge is 0.444 e. The lowest BCUT2D eigenvalue weighted by Crippen LogP contribution is -2.47. The molecule has 1 aliphatic heterocycles. The lowest BCUT2D eigenvalue weighted by molar-refractivity contribution is 0.0148. The third-order valence-electron chi connectivity index (χ3n) is 4.33. The molecule has 134 valence electrons. The van der Waals surface area contributed by atoms with E-state index >= 15 is 0 Å². The number of nitrogens with zero attached hydrogens (tertiary/aromatic N) is 1. The topological polar surface area (TPSA) is 41.6 Å². The molecule has 1 saturated heterocycles. The number of nitrogens with one attached hydrogen (secondary N) is 1. The van der Waals surface area contributed by atoms with Crippen LogP contribution in [0.2, 0.25) is 5.02 Å². The van der Waals surface area contributed by atoms with E-state index in [0.29, 0.717) is 12.0 Å². The molecule has 1 aromatic carbocycles. The van der Waals surface area contributed by atoms with E-state index in [1.165, 1.54) is 5.56 Å². The Bertz CT molecular complexity index is 557. The molecule has 4 nitrogen and oxygen atoms in total. The average Bonchev–Trinajstić information content (AvgIpc) is 2.51. The first-order chi connectivity index (χ1) is 11.2. The van der Waals surface area contributed by atoms with Gasteiger partial charge in [-0.15, -0.1) is 0 Å². The van der Waals surface area contributed by atoms with Crippen LogP contribution in [-0.4, -0.2) is 35.7 Å². The number of piperidine rings is 1. The van der Waals surface area contributed by atoms with Crippen LogP contribution in [0.3, 0.4) is 0 Å².